The van der Waals surface area contributed by atoms with Gasteiger partial charge in [0.05, 0.1) is 13.2 Å². The first-order chi connectivity index (χ1) is 13.7. The highest BCUT2D eigenvalue weighted by Gasteiger charge is 2.25. The van der Waals surface area contributed by atoms with Gasteiger partial charge in [0, 0.05) is 24.2 Å². The zero-order valence-corrected chi connectivity index (χ0v) is 16.8. The third kappa shape index (κ3) is 5.77. The second kappa shape index (κ2) is 10.2. The van der Waals surface area contributed by atoms with Gasteiger partial charge in [0.1, 0.15) is 11.0 Å². The number of nitrogens with one attached hydrogen (secondary N) is 2. The molecule has 2 unspecified atom stereocenters. The first-order valence-corrected chi connectivity index (χ1v) is 10.4. The van der Waals surface area contributed by atoms with Gasteiger partial charge < -0.3 is 15.4 Å². The maximum absolute atomic E-state index is 12.7. The van der Waals surface area contributed by atoms with Crippen molar-refractivity contribution in [2.75, 3.05) is 26.2 Å². The van der Waals surface area contributed by atoms with E-state index in [1.807, 2.05) is 35.7 Å². The topological polar surface area (TPSA) is 83.6 Å². The smallest absolute Gasteiger partial charge is 0.407 e. The van der Waals surface area contributed by atoms with E-state index in [1.54, 1.807) is 13.1 Å². The Hall–Kier alpha value is -2.45. The van der Waals surface area contributed by atoms with Crippen LogP contribution in [0.25, 0.3) is 0 Å². The fourth-order valence-corrected chi connectivity index (χ4v) is 4.09. The van der Waals surface area contributed by atoms with Gasteiger partial charge in [-0.25, -0.2) is 9.78 Å². The third-order valence-electron chi connectivity index (χ3n) is 4.61. The lowest BCUT2D eigenvalue weighted by atomic mass is 10.1. The van der Waals surface area contributed by atoms with Crippen molar-refractivity contribution in [1.29, 1.82) is 0 Å². The van der Waals surface area contributed by atoms with Crippen molar-refractivity contribution in [3.8, 4) is 0 Å². The van der Waals surface area contributed by atoms with Crippen LogP contribution in [0, 0.1) is 0 Å². The number of nitrogens with zero attached hydrogens (tertiary/aromatic N) is 2. The van der Waals surface area contributed by atoms with Crippen molar-refractivity contribution in [3.63, 3.8) is 0 Å². The van der Waals surface area contributed by atoms with Gasteiger partial charge in [-0.3, -0.25) is 9.69 Å². The molecule has 1 aliphatic heterocycles. The zero-order valence-electron chi connectivity index (χ0n) is 16.0. The number of rotatable bonds is 7. The fraction of sp³-hybridized carbons (Fsp3) is 0.450. The Morgan fingerprint density at radius 1 is 1.36 bits per heavy atom. The van der Waals surface area contributed by atoms with Gasteiger partial charge in [-0.05, 0) is 31.9 Å². The van der Waals surface area contributed by atoms with E-state index in [-0.39, 0.29) is 24.5 Å². The molecule has 2 aromatic rings. The predicted octanol–water partition coefficient (Wildman–Crippen LogP) is 2.56. The average molecular weight is 403 g/mol. The molecule has 1 aromatic carbocycles. The molecular formula is C20H26N4O3S. The highest BCUT2D eigenvalue weighted by Crippen LogP contribution is 2.23. The fourth-order valence-electron chi connectivity index (χ4n) is 3.38. The normalized spacial score (nSPS) is 18.2. The van der Waals surface area contributed by atoms with E-state index in [4.69, 9.17) is 4.74 Å². The Morgan fingerprint density at radius 3 is 2.89 bits per heavy atom. The number of carbonyl (C=O) groups excluding carboxylic acids is 2. The first-order valence-electron chi connectivity index (χ1n) is 9.55. The minimum Gasteiger partial charge on any atom is -0.450 e. The number of ether oxygens (including phenoxy) is 1. The molecule has 2 N–H and O–H groups in total. The van der Waals surface area contributed by atoms with E-state index in [0.29, 0.717) is 13.2 Å². The molecule has 0 aliphatic carbocycles. The molecule has 150 valence electrons. The van der Waals surface area contributed by atoms with Crippen LogP contribution in [0.15, 0.2) is 41.9 Å². The molecule has 28 heavy (non-hydrogen) atoms. The van der Waals surface area contributed by atoms with E-state index >= 15 is 0 Å². The third-order valence-corrected chi connectivity index (χ3v) is 5.45. The molecule has 2 heterocycles. The standard InChI is InChI=1S/C20H26N4O3S/c1-2-27-20(26)22-16-9-6-11-24(13-16)14-17(25)23-18(19-21-10-12-28-19)15-7-4-3-5-8-15/h3-5,7-8,10,12,16,18H,2,6,9,11,13-14H2,1H3,(H,22,26)(H,23,25). The highest BCUT2D eigenvalue weighted by molar-refractivity contribution is 7.09. The number of carbonyl (C=O) groups is 2. The minimum absolute atomic E-state index is 0.00415. The first kappa shape index (κ1) is 20.3. The summed E-state index contributed by atoms with van der Waals surface area (Å²) in [5.41, 5.74) is 1.01. The average Bonchev–Trinajstić information content (AvgIpc) is 3.22. The summed E-state index contributed by atoms with van der Waals surface area (Å²) >= 11 is 1.52. The summed E-state index contributed by atoms with van der Waals surface area (Å²) in [6.45, 7) is 3.89. The molecule has 7 nitrogen and oxygen atoms in total. The van der Waals surface area contributed by atoms with Crippen molar-refractivity contribution in [2.24, 2.45) is 0 Å². The number of amides is 2. The number of likely N-dealkylation sites (tertiary alicyclic amines) is 1. The van der Waals surface area contributed by atoms with E-state index in [0.717, 1.165) is 30.0 Å². The van der Waals surface area contributed by atoms with E-state index < -0.39 is 6.09 Å². The molecule has 8 heteroatoms. The van der Waals surface area contributed by atoms with Crippen molar-refractivity contribution >= 4 is 23.3 Å². The largest absolute Gasteiger partial charge is 0.450 e. The predicted molar refractivity (Wildman–Crippen MR) is 108 cm³/mol. The summed E-state index contributed by atoms with van der Waals surface area (Å²) < 4.78 is 4.95. The molecule has 0 radical (unpaired) electrons. The van der Waals surface area contributed by atoms with Gasteiger partial charge in [0.15, 0.2) is 0 Å². The van der Waals surface area contributed by atoms with Crippen LogP contribution in [0.5, 0.6) is 0 Å². The number of piperidine rings is 1. The minimum atomic E-state index is -0.397. The quantitative estimate of drug-likeness (QED) is 0.744. The van der Waals surface area contributed by atoms with Gasteiger partial charge in [0.2, 0.25) is 5.91 Å². The molecular weight excluding hydrogens is 376 g/mol. The van der Waals surface area contributed by atoms with Crippen molar-refractivity contribution in [3.05, 3.63) is 52.5 Å². The monoisotopic (exact) mass is 402 g/mol. The Labute approximate surface area is 169 Å². The van der Waals surface area contributed by atoms with Crippen LogP contribution in [0.2, 0.25) is 0 Å². The molecule has 1 aromatic heterocycles. The molecule has 1 saturated heterocycles. The zero-order chi connectivity index (χ0) is 19.8. The Kier molecular flexibility index (Phi) is 7.39. The second-order valence-corrected chi connectivity index (χ2v) is 7.65. The summed E-state index contributed by atoms with van der Waals surface area (Å²) in [6.07, 6.45) is 3.17. The second-order valence-electron chi connectivity index (χ2n) is 6.72. The van der Waals surface area contributed by atoms with Crippen LogP contribution in [0.3, 0.4) is 0 Å². The molecule has 1 fully saturated rings. The Bertz CT molecular complexity index is 754. The number of hydrogen-bond acceptors (Lipinski definition) is 6. The van der Waals surface area contributed by atoms with E-state index in [9.17, 15) is 9.59 Å². The number of aromatic nitrogens is 1. The van der Waals surface area contributed by atoms with Crippen LogP contribution < -0.4 is 10.6 Å². The van der Waals surface area contributed by atoms with Gasteiger partial charge in [0.25, 0.3) is 0 Å². The van der Waals surface area contributed by atoms with Gasteiger partial charge in [-0.1, -0.05) is 30.3 Å². The van der Waals surface area contributed by atoms with Gasteiger partial charge in [-0.2, -0.15) is 0 Å². The summed E-state index contributed by atoms with van der Waals surface area (Å²) in [5.74, 6) is -0.0548. The summed E-state index contributed by atoms with van der Waals surface area (Å²) in [5, 5.41) is 8.75. The number of thiazole rings is 1. The number of hydrogen-bond donors (Lipinski definition) is 2. The Balaban J connectivity index is 1.58. The maximum atomic E-state index is 12.7. The van der Waals surface area contributed by atoms with Gasteiger partial charge >= 0.3 is 6.09 Å². The lowest BCUT2D eigenvalue weighted by Gasteiger charge is -2.32. The molecule has 0 spiro atoms. The maximum Gasteiger partial charge on any atom is 0.407 e. The van der Waals surface area contributed by atoms with Crippen molar-refractivity contribution < 1.29 is 14.3 Å². The molecule has 1 aliphatic rings. The summed E-state index contributed by atoms with van der Waals surface area (Å²) in [4.78, 5) is 30.8. The van der Waals surface area contributed by atoms with Crippen LogP contribution in [-0.4, -0.2) is 54.2 Å². The van der Waals surface area contributed by atoms with Crippen LogP contribution in [0.4, 0.5) is 4.79 Å². The molecule has 3 rings (SSSR count). The lowest BCUT2D eigenvalue weighted by Crippen LogP contribution is -2.50. The highest BCUT2D eigenvalue weighted by atomic mass is 32.1. The number of alkyl carbamates (subject to hydrolysis) is 1. The van der Waals surface area contributed by atoms with Crippen LogP contribution >= 0.6 is 11.3 Å². The van der Waals surface area contributed by atoms with Crippen molar-refractivity contribution in [2.45, 2.75) is 31.8 Å². The Morgan fingerprint density at radius 2 is 2.18 bits per heavy atom. The van der Waals surface area contributed by atoms with Crippen LogP contribution in [-0.2, 0) is 9.53 Å². The lowest BCUT2D eigenvalue weighted by molar-refractivity contribution is -0.123. The summed E-state index contributed by atoms with van der Waals surface area (Å²) in [6, 6.07) is 9.60. The van der Waals surface area contributed by atoms with E-state index in [1.165, 1.54) is 11.3 Å². The molecule has 0 bridgehead atoms. The SMILES string of the molecule is CCOC(=O)NC1CCCN(CC(=O)NC(c2ccccc2)c2nccs2)C1. The summed E-state index contributed by atoms with van der Waals surface area (Å²) in [7, 11) is 0. The van der Waals surface area contributed by atoms with E-state index in [2.05, 4.69) is 20.5 Å². The van der Waals surface area contributed by atoms with Crippen LogP contribution in [0.1, 0.15) is 36.4 Å². The molecule has 2 amide bonds. The molecule has 2 atom stereocenters. The number of benzene rings is 1. The molecule has 0 saturated carbocycles. The van der Waals surface area contributed by atoms with Crippen molar-refractivity contribution in [1.82, 2.24) is 20.5 Å². The van der Waals surface area contributed by atoms with Gasteiger partial charge in [-0.15, -0.1) is 11.3 Å².